The van der Waals surface area contributed by atoms with Gasteiger partial charge in [-0.15, -0.1) is 0 Å². The fourth-order valence-electron chi connectivity index (χ4n) is 3.68. The Bertz CT molecular complexity index is 1540. The van der Waals surface area contributed by atoms with Crippen LogP contribution in [-0.2, 0) is 6.18 Å². The summed E-state index contributed by atoms with van der Waals surface area (Å²) in [5, 5.41) is 3.22. The average molecular weight is 491 g/mol. The molecule has 0 aliphatic carbocycles. The van der Waals surface area contributed by atoms with Gasteiger partial charge in [-0.3, -0.25) is 9.36 Å². The maximum atomic E-state index is 14.2. The second-order valence-electron chi connectivity index (χ2n) is 7.53. The minimum atomic E-state index is -4.76. The number of benzene rings is 2. The molecule has 3 aromatic heterocycles. The van der Waals surface area contributed by atoms with Crippen molar-refractivity contribution in [3.8, 4) is 5.69 Å². The van der Waals surface area contributed by atoms with Crippen LogP contribution in [0.3, 0.4) is 0 Å². The van der Waals surface area contributed by atoms with Crippen LogP contribution in [0.25, 0.3) is 16.7 Å². The van der Waals surface area contributed by atoms with Crippen LogP contribution in [0.15, 0.2) is 112 Å². The highest BCUT2D eigenvalue weighted by Gasteiger charge is 2.35. The van der Waals surface area contributed by atoms with Crippen molar-refractivity contribution >= 4 is 34.3 Å². The number of pyridine rings is 3. The van der Waals surface area contributed by atoms with Crippen molar-refractivity contribution in [2.45, 2.75) is 16.2 Å². The van der Waals surface area contributed by atoms with Crippen LogP contribution in [0.5, 0.6) is 0 Å². The lowest BCUT2D eigenvalue weighted by atomic mass is 10.1. The Kier molecular flexibility index (Phi) is 6.00. The first-order valence-electron chi connectivity index (χ1n) is 10.5. The molecule has 3 heterocycles. The van der Waals surface area contributed by atoms with Crippen molar-refractivity contribution in [2.24, 2.45) is 0 Å². The van der Waals surface area contributed by atoms with Crippen LogP contribution in [-0.4, -0.2) is 14.5 Å². The summed E-state index contributed by atoms with van der Waals surface area (Å²) in [6.07, 6.45) is -3.21. The smallest absolute Gasteiger partial charge is 0.341 e. The van der Waals surface area contributed by atoms with Crippen molar-refractivity contribution in [1.82, 2.24) is 14.5 Å². The van der Waals surface area contributed by atoms with Gasteiger partial charge >= 0.3 is 6.18 Å². The quantitative estimate of drug-likeness (QED) is 0.297. The van der Waals surface area contributed by atoms with Crippen LogP contribution in [0.1, 0.15) is 5.56 Å². The zero-order valence-corrected chi connectivity index (χ0v) is 18.8. The Morgan fingerprint density at radius 1 is 0.829 bits per heavy atom. The van der Waals surface area contributed by atoms with Crippen molar-refractivity contribution in [3.63, 3.8) is 0 Å². The lowest BCUT2D eigenvalue weighted by Gasteiger charge is -2.20. The number of hydrogen-bond donors (Lipinski definition) is 1. The summed E-state index contributed by atoms with van der Waals surface area (Å²) in [4.78, 5) is 21.8. The number of alkyl halides is 3. The van der Waals surface area contributed by atoms with E-state index in [0.717, 1.165) is 17.8 Å². The van der Waals surface area contributed by atoms with Crippen LogP contribution in [0.4, 0.5) is 24.7 Å². The molecule has 1 N–H and O–H groups in total. The molecule has 0 fully saturated rings. The van der Waals surface area contributed by atoms with Gasteiger partial charge in [-0.25, -0.2) is 9.97 Å². The van der Waals surface area contributed by atoms with Gasteiger partial charge in [0.2, 0.25) is 0 Å². The Morgan fingerprint density at radius 3 is 2.17 bits per heavy atom. The third kappa shape index (κ3) is 4.76. The van der Waals surface area contributed by atoms with Crippen LogP contribution < -0.4 is 10.7 Å². The fraction of sp³-hybridized carbons (Fsp3) is 0.0385. The molecule has 0 bridgehead atoms. The fourth-order valence-corrected chi connectivity index (χ4v) is 4.46. The summed E-state index contributed by atoms with van der Waals surface area (Å²) in [5.41, 5.74) is -0.695. The summed E-state index contributed by atoms with van der Waals surface area (Å²) >= 11 is 0.994. The number of hydrogen-bond acceptors (Lipinski definition) is 5. The summed E-state index contributed by atoms with van der Waals surface area (Å²) < 4.78 is 44.1. The van der Waals surface area contributed by atoms with Gasteiger partial charge in [0.15, 0.2) is 11.1 Å². The van der Waals surface area contributed by atoms with E-state index in [1.165, 1.54) is 10.6 Å². The summed E-state index contributed by atoms with van der Waals surface area (Å²) in [6, 6.07) is 25.1. The molecule has 0 saturated carbocycles. The molecule has 5 rings (SSSR count). The molecular formula is C26H17F3N4OS. The summed E-state index contributed by atoms with van der Waals surface area (Å²) in [5.74, 6) is 0.292. The molecule has 35 heavy (non-hydrogen) atoms. The second-order valence-corrected chi connectivity index (χ2v) is 8.57. The maximum absolute atomic E-state index is 14.2. The topological polar surface area (TPSA) is 59.8 Å². The maximum Gasteiger partial charge on any atom is 0.417 e. The van der Waals surface area contributed by atoms with Crippen molar-refractivity contribution < 1.29 is 13.2 Å². The standard InChI is InChI=1S/C26H17F3N4OS/c27-26(28,29)19-15-23(35-22-13-7-8-14-30-22)32-25-24(19)20(34)16-21(31-17-9-3-1-4-10-17)33(25)18-11-5-2-6-12-18/h1-16,31H. The number of nitrogens with one attached hydrogen (secondary N) is 1. The van der Waals surface area contributed by atoms with E-state index in [0.29, 0.717) is 22.2 Å². The number of aromatic nitrogens is 3. The SMILES string of the molecule is O=c1cc(Nc2ccccc2)n(-c2ccccc2)c2nc(Sc3ccccn3)cc(C(F)(F)F)c12. The Hall–Kier alpha value is -4.11. The van der Waals surface area contributed by atoms with E-state index in [1.54, 1.807) is 66.9 Å². The van der Waals surface area contributed by atoms with Gasteiger partial charge in [0.1, 0.15) is 15.9 Å². The molecule has 0 radical (unpaired) electrons. The molecule has 0 unspecified atom stereocenters. The van der Waals surface area contributed by atoms with Crippen LogP contribution in [0, 0.1) is 0 Å². The van der Waals surface area contributed by atoms with E-state index in [2.05, 4.69) is 15.3 Å². The number of nitrogens with zero attached hydrogens (tertiary/aromatic N) is 3. The van der Waals surface area contributed by atoms with Gasteiger partial charge in [-0.1, -0.05) is 54.2 Å². The van der Waals surface area contributed by atoms with Gasteiger partial charge in [0.05, 0.1) is 10.9 Å². The number of fused-ring (bicyclic) bond motifs is 1. The third-order valence-electron chi connectivity index (χ3n) is 5.16. The van der Waals surface area contributed by atoms with Gasteiger partial charge < -0.3 is 5.32 Å². The summed E-state index contributed by atoms with van der Waals surface area (Å²) in [6.45, 7) is 0. The first kappa shape index (κ1) is 22.7. The predicted octanol–water partition coefficient (Wildman–Crippen LogP) is 6.69. The minimum Gasteiger partial charge on any atom is -0.341 e. The molecule has 5 aromatic rings. The third-order valence-corrected chi connectivity index (χ3v) is 6.03. The molecule has 2 aromatic carbocycles. The van der Waals surface area contributed by atoms with Crippen LogP contribution in [0.2, 0.25) is 0 Å². The van der Waals surface area contributed by atoms with Crippen molar-refractivity contribution in [1.29, 1.82) is 0 Å². The Morgan fingerprint density at radius 2 is 1.51 bits per heavy atom. The minimum absolute atomic E-state index is 0.0736. The zero-order chi connectivity index (χ0) is 24.4. The Balaban J connectivity index is 1.83. The van der Waals surface area contributed by atoms with Gasteiger partial charge in [0, 0.05) is 23.6 Å². The van der Waals surface area contributed by atoms with E-state index in [1.807, 2.05) is 18.2 Å². The highest BCUT2D eigenvalue weighted by atomic mass is 32.2. The number of rotatable bonds is 5. The number of para-hydroxylation sites is 2. The van der Waals surface area contributed by atoms with Crippen molar-refractivity contribution in [3.05, 3.63) is 113 Å². The van der Waals surface area contributed by atoms with Gasteiger partial charge in [0.25, 0.3) is 0 Å². The monoisotopic (exact) mass is 490 g/mol. The van der Waals surface area contributed by atoms with Gasteiger partial charge in [-0.2, -0.15) is 13.2 Å². The molecule has 0 spiro atoms. The molecular weight excluding hydrogens is 473 g/mol. The van der Waals surface area contributed by atoms with E-state index in [9.17, 15) is 18.0 Å². The highest BCUT2D eigenvalue weighted by molar-refractivity contribution is 7.99. The largest absolute Gasteiger partial charge is 0.417 e. The van der Waals surface area contributed by atoms with Crippen molar-refractivity contribution in [2.75, 3.05) is 5.32 Å². The molecule has 0 amide bonds. The predicted molar refractivity (Wildman–Crippen MR) is 130 cm³/mol. The van der Waals surface area contributed by atoms with Gasteiger partial charge in [-0.05, 0) is 42.5 Å². The van der Waals surface area contributed by atoms with E-state index < -0.39 is 22.6 Å². The van der Waals surface area contributed by atoms with Crippen LogP contribution >= 0.6 is 11.8 Å². The lowest BCUT2D eigenvalue weighted by Crippen LogP contribution is -2.18. The number of anilines is 2. The number of halogens is 3. The highest BCUT2D eigenvalue weighted by Crippen LogP contribution is 2.38. The molecule has 0 atom stereocenters. The normalized spacial score (nSPS) is 11.5. The molecule has 5 nitrogen and oxygen atoms in total. The molecule has 0 aliphatic rings. The first-order valence-corrected chi connectivity index (χ1v) is 11.4. The Labute approximate surface area is 202 Å². The molecule has 0 aliphatic heterocycles. The molecule has 9 heteroatoms. The zero-order valence-electron chi connectivity index (χ0n) is 18.0. The second kappa shape index (κ2) is 9.27. The van der Waals surface area contributed by atoms with E-state index >= 15 is 0 Å². The lowest BCUT2D eigenvalue weighted by molar-refractivity contribution is -0.136. The van der Waals surface area contributed by atoms with E-state index in [-0.39, 0.29) is 10.7 Å². The average Bonchev–Trinajstić information content (AvgIpc) is 2.85. The summed E-state index contributed by atoms with van der Waals surface area (Å²) in [7, 11) is 0. The first-order chi connectivity index (χ1) is 16.9. The molecule has 174 valence electrons. The molecule has 0 saturated heterocycles. The van der Waals surface area contributed by atoms with E-state index in [4.69, 9.17) is 0 Å².